The molecule has 0 N–H and O–H groups in total. The molecule has 1 fully saturated rings. The van der Waals surface area contributed by atoms with Gasteiger partial charge in [0.25, 0.3) is 5.91 Å². The summed E-state index contributed by atoms with van der Waals surface area (Å²) in [5.74, 6) is -1.08. The Kier molecular flexibility index (Phi) is 7.77. The summed E-state index contributed by atoms with van der Waals surface area (Å²) in [5, 5.41) is 0.979. The number of carbonyl (C=O) groups excluding carboxylic acids is 1. The van der Waals surface area contributed by atoms with E-state index in [-0.39, 0.29) is 47.2 Å². The minimum atomic E-state index is -4.66. The molecule has 15 heteroatoms. The lowest BCUT2D eigenvalue weighted by atomic mass is 10.1. The average Bonchev–Trinajstić information content (AvgIpc) is 3.75. The molecule has 1 aliphatic rings. The van der Waals surface area contributed by atoms with Crippen molar-refractivity contribution in [2.45, 2.75) is 31.5 Å². The van der Waals surface area contributed by atoms with E-state index in [1.165, 1.54) is 52.8 Å². The molecule has 42 heavy (non-hydrogen) atoms. The summed E-state index contributed by atoms with van der Waals surface area (Å²) in [6, 6.07) is 5.25. The first-order chi connectivity index (χ1) is 20.0. The maximum Gasteiger partial charge on any atom is 0.434 e. The molecule has 0 radical (unpaired) electrons. The third-order valence-corrected chi connectivity index (χ3v) is 6.53. The first-order valence-electron chi connectivity index (χ1n) is 12.6. The molecule has 3 heterocycles. The molecule has 0 saturated heterocycles. The summed E-state index contributed by atoms with van der Waals surface area (Å²) in [6.07, 6.45) is -0.657. The van der Waals surface area contributed by atoms with Crippen LogP contribution in [0.2, 0.25) is 0 Å². The Balaban J connectivity index is 1.46. The highest BCUT2D eigenvalue weighted by molar-refractivity contribution is 5.92. The van der Waals surface area contributed by atoms with Crippen molar-refractivity contribution in [3.8, 4) is 34.5 Å². The van der Waals surface area contributed by atoms with Crippen LogP contribution < -0.4 is 9.47 Å². The smallest absolute Gasteiger partial charge is 0.434 e. The van der Waals surface area contributed by atoms with Gasteiger partial charge in [0.1, 0.15) is 35.8 Å². The average molecular weight is 588 g/mol. The van der Waals surface area contributed by atoms with Gasteiger partial charge in [0.05, 0.1) is 25.5 Å². The molecular weight excluding hydrogens is 562 g/mol. The summed E-state index contributed by atoms with van der Waals surface area (Å²) in [6.45, 7) is -0.187. The minimum Gasteiger partial charge on any atom is -0.480 e. The molecule has 3 aromatic heterocycles. The SMILES string of the molecule is COc1ncnc(C2CC2)c1-c1nc(OCc2ccc(-c3nc(C(F)(F)F)cn3C)c(F)c2)cc(C(=O)N(C)OC)n1. The number of amides is 1. The number of aromatic nitrogens is 6. The predicted molar refractivity (Wildman–Crippen MR) is 139 cm³/mol. The number of rotatable bonds is 9. The van der Waals surface area contributed by atoms with Gasteiger partial charge in [-0.25, -0.2) is 29.4 Å². The Hall–Kier alpha value is -4.66. The molecule has 1 amide bonds. The first kappa shape index (κ1) is 28.9. The van der Waals surface area contributed by atoms with Crippen LogP contribution in [-0.4, -0.2) is 61.7 Å². The Bertz CT molecular complexity index is 1640. The quantitative estimate of drug-likeness (QED) is 0.205. The van der Waals surface area contributed by atoms with Crippen LogP contribution in [-0.2, 0) is 24.7 Å². The maximum atomic E-state index is 15.0. The molecule has 0 spiro atoms. The summed E-state index contributed by atoms with van der Waals surface area (Å²) in [5.41, 5.74) is 0.164. The van der Waals surface area contributed by atoms with Gasteiger partial charge in [-0.1, -0.05) is 6.07 Å². The van der Waals surface area contributed by atoms with Gasteiger partial charge in [0.2, 0.25) is 11.8 Å². The van der Waals surface area contributed by atoms with E-state index in [0.29, 0.717) is 16.8 Å². The molecular formula is C27H25F4N7O4. The largest absolute Gasteiger partial charge is 0.480 e. The van der Waals surface area contributed by atoms with E-state index in [1.54, 1.807) is 0 Å². The molecule has 0 unspecified atom stereocenters. The van der Waals surface area contributed by atoms with Crippen molar-refractivity contribution >= 4 is 5.91 Å². The highest BCUT2D eigenvalue weighted by Gasteiger charge is 2.35. The number of methoxy groups -OCH3 is 1. The van der Waals surface area contributed by atoms with E-state index in [2.05, 4.69) is 24.9 Å². The topological polar surface area (TPSA) is 117 Å². The zero-order valence-electron chi connectivity index (χ0n) is 22.9. The molecule has 0 atom stereocenters. The Morgan fingerprint density at radius 1 is 1.12 bits per heavy atom. The monoisotopic (exact) mass is 587 g/mol. The van der Waals surface area contributed by atoms with E-state index < -0.39 is 23.6 Å². The zero-order chi connectivity index (χ0) is 30.2. The normalized spacial score (nSPS) is 13.2. The van der Waals surface area contributed by atoms with Gasteiger partial charge >= 0.3 is 6.18 Å². The fourth-order valence-corrected chi connectivity index (χ4v) is 4.22. The third-order valence-electron chi connectivity index (χ3n) is 6.53. The number of nitrogens with zero attached hydrogens (tertiary/aromatic N) is 7. The van der Waals surface area contributed by atoms with Gasteiger partial charge in [0.15, 0.2) is 11.5 Å². The van der Waals surface area contributed by atoms with Crippen LogP contribution in [0.3, 0.4) is 0 Å². The van der Waals surface area contributed by atoms with E-state index in [4.69, 9.17) is 14.3 Å². The number of aryl methyl sites for hydroxylation is 1. The van der Waals surface area contributed by atoms with Gasteiger partial charge < -0.3 is 14.0 Å². The number of benzene rings is 1. The van der Waals surface area contributed by atoms with Crippen LogP contribution in [0.5, 0.6) is 11.8 Å². The summed E-state index contributed by atoms with van der Waals surface area (Å²) < 4.78 is 66.6. The van der Waals surface area contributed by atoms with Crippen molar-refractivity contribution in [2.24, 2.45) is 7.05 Å². The van der Waals surface area contributed by atoms with Crippen LogP contribution >= 0.6 is 0 Å². The van der Waals surface area contributed by atoms with Gasteiger partial charge in [-0.05, 0) is 30.5 Å². The fraction of sp³-hybridized carbons (Fsp3) is 0.333. The molecule has 1 aliphatic carbocycles. The number of hydrogen-bond acceptors (Lipinski definition) is 9. The van der Waals surface area contributed by atoms with Gasteiger partial charge in [-0.15, -0.1) is 0 Å². The number of ether oxygens (including phenoxy) is 2. The summed E-state index contributed by atoms with van der Waals surface area (Å²) >= 11 is 0. The number of halogens is 4. The molecule has 0 aliphatic heterocycles. The Morgan fingerprint density at radius 3 is 2.50 bits per heavy atom. The van der Waals surface area contributed by atoms with E-state index in [1.807, 2.05) is 0 Å². The van der Waals surface area contributed by atoms with Crippen molar-refractivity contribution in [2.75, 3.05) is 21.3 Å². The Morgan fingerprint density at radius 2 is 1.88 bits per heavy atom. The molecule has 220 valence electrons. The summed E-state index contributed by atoms with van der Waals surface area (Å²) in [4.78, 5) is 39.0. The third kappa shape index (κ3) is 5.86. The van der Waals surface area contributed by atoms with Crippen molar-refractivity contribution in [3.05, 3.63) is 65.3 Å². The molecule has 1 saturated carbocycles. The lowest BCUT2D eigenvalue weighted by Crippen LogP contribution is -2.26. The van der Waals surface area contributed by atoms with Gasteiger partial charge in [0, 0.05) is 32.3 Å². The van der Waals surface area contributed by atoms with Crippen molar-refractivity contribution < 1.29 is 36.7 Å². The van der Waals surface area contributed by atoms with Crippen LogP contribution in [0, 0.1) is 5.82 Å². The van der Waals surface area contributed by atoms with Crippen LogP contribution in [0.25, 0.3) is 22.8 Å². The van der Waals surface area contributed by atoms with E-state index in [0.717, 1.165) is 34.7 Å². The number of alkyl halides is 3. The van der Waals surface area contributed by atoms with Crippen LogP contribution in [0.15, 0.2) is 36.8 Å². The lowest BCUT2D eigenvalue weighted by molar-refractivity contribution is -0.140. The number of hydroxylamine groups is 2. The van der Waals surface area contributed by atoms with Crippen molar-refractivity contribution in [1.29, 1.82) is 0 Å². The first-order valence-corrected chi connectivity index (χ1v) is 12.6. The molecule has 11 nitrogen and oxygen atoms in total. The molecule has 0 bridgehead atoms. The number of carbonyl (C=O) groups is 1. The second kappa shape index (κ2) is 11.3. The van der Waals surface area contributed by atoms with Crippen molar-refractivity contribution in [3.63, 3.8) is 0 Å². The zero-order valence-corrected chi connectivity index (χ0v) is 22.9. The number of hydrogen-bond donors (Lipinski definition) is 0. The molecule has 4 aromatic rings. The lowest BCUT2D eigenvalue weighted by Gasteiger charge is -2.16. The van der Waals surface area contributed by atoms with E-state index >= 15 is 4.39 Å². The maximum absolute atomic E-state index is 15.0. The van der Waals surface area contributed by atoms with Crippen molar-refractivity contribution in [1.82, 2.24) is 34.6 Å². The van der Waals surface area contributed by atoms with Gasteiger partial charge in [-0.3, -0.25) is 9.63 Å². The molecule has 5 rings (SSSR count). The highest BCUT2D eigenvalue weighted by atomic mass is 19.4. The predicted octanol–water partition coefficient (Wildman–Crippen LogP) is 4.59. The molecule has 1 aromatic carbocycles. The second-order valence-corrected chi connectivity index (χ2v) is 9.48. The minimum absolute atomic E-state index is 0.0103. The highest BCUT2D eigenvalue weighted by Crippen LogP contribution is 2.45. The fourth-order valence-electron chi connectivity index (χ4n) is 4.22. The second-order valence-electron chi connectivity index (χ2n) is 9.48. The van der Waals surface area contributed by atoms with Gasteiger partial charge in [-0.2, -0.15) is 18.2 Å². The van der Waals surface area contributed by atoms with Crippen LogP contribution in [0.4, 0.5) is 17.6 Å². The number of imidazole rings is 1. The van der Waals surface area contributed by atoms with Crippen LogP contribution in [0.1, 0.15) is 46.2 Å². The summed E-state index contributed by atoms with van der Waals surface area (Å²) in [7, 11) is 5.53. The standard InChI is InChI=1S/C27H25F4N7O4/c1-37-11-19(27(29,30)31)35-24(37)16-8-5-14(9-17(16)28)12-42-20-10-18(26(39)38(2)41-4)34-23(36-20)21-22(15-6-7-15)32-13-33-25(21)40-3/h5,8-11,13,15H,6-7,12H2,1-4H3. The Labute approximate surface area is 237 Å². The van der Waals surface area contributed by atoms with E-state index in [9.17, 15) is 18.0 Å².